The number of hydrogen-bond acceptors (Lipinski definition) is 3. The first kappa shape index (κ1) is 13.2. The van der Waals surface area contributed by atoms with Crippen molar-refractivity contribution in [1.82, 2.24) is 9.97 Å². The van der Waals surface area contributed by atoms with E-state index in [0.29, 0.717) is 0 Å². The van der Waals surface area contributed by atoms with Crippen molar-refractivity contribution in [2.24, 2.45) is 0 Å². The number of pyridine rings is 2. The van der Waals surface area contributed by atoms with Gasteiger partial charge in [-0.25, -0.2) is 0 Å². The van der Waals surface area contributed by atoms with Crippen LogP contribution >= 0.6 is 0 Å². The topological polar surface area (TPSA) is 42.9 Å². The van der Waals surface area contributed by atoms with E-state index in [-0.39, 0.29) is 5.69 Å². The smallest absolute Gasteiger partial charge is 0.287 e. The van der Waals surface area contributed by atoms with E-state index in [0.717, 1.165) is 24.0 Å². The number of nitrogens with zero attached hydrogens (tertiary/aromatic N) is 2. The highest BCUT2D eigenvalue weighted by Gasteiger charge is 2.35. The molecule has 0 bridgehead atoms. The van der Waals surface area contributed by atoms with Gasteiger partial charge in [0.2, 0.25) is 5.78 Å². The number of carbonyl (C=O) groups excluding carboxylic acids is 1. The molecule has 0 aliphatic heterocycles. The van der Waals surface area contributed by atoms with Crippen molar-refractivity contribution >= 4 is 5.78 Å². The van der Waals surface area contributed by atoms with Gasteiger partial charge in [-0.15, -0.1) is 0 Å². The highest BCUT2D eigenvalue weighted by Crippen LogP contribution is 2.32. The lowest BCUT2D eigenvalue weighted by molar-refractivity contribution is -0.137. The molecular weight excluding hydrogens is 257 g/mol. The van der Waals surface area contributed by atoms with Gasteiger partial charge in [0.15, 0.2) is 0 Å². The second-order valence-corrected chi connectivity index (χ2v) is 3.97. The first-order valence-electron chi connectivity index (χ1n) is 5.38. The molecule has 6 heteroatoms. The number of alkyl halides is 3. The van der Waals surface area contributed by atoms with E-state index in [2.05, 4.69) is 9.97 Å². The van der Waals surface area contributed by atoms with Crippen molar-refractivity contribution in [3.63, 3.8) is 0 Å². The summed E-state index contributed by atoms with van der Waals surface area (Å²) < 4.78 is 38.4. The Morgan fingerprint density at radius 2 is 1.95 bits per heavy atom. The molecule has 0 amide bonds. The zero-order valence-corrected chi connectivity index (χ0v) is 9.90. The fourth-order valence-electron chi connectivity index (χ4n) is 1.62. The van der Waals surface area contributed by atoms with E-state index in [1.54, 1.807) is 13.0 Å². The minimum absolute atomic E-state index is 0.0292. The van der Waals surface area contributed by atoms with Crippen molar-refractivity contribution in [1.29, 1.82) is 0 Å². The average molecular weight is 266 g/mol. The first-order valence-corrected chi connectivity index (χ1v) is 5.38. The minimum atomic E-state index is -4.60. The third-order valence-corrected chi connectivity index (χ3v) is 2.52. The van der Waals surface area contributed by atoms with Crippen LogP contribution in [0.1, 0.15) is 27.2 Å². The normalized spacial score (nSPS) is 11.4. The molecule has 0 saturated heterocycles. The third-order valence-electron chi connectivity index (χ3n) is 2.52. The predicted molar refractivity (Wildman–Crippen MR) is 61.6 cm³/mol. The van der Waals surface area contributed by atoms with Crippen molar-refractivity contribution in [3.05, 3.63) is 59.2 Å². The Hall–Kier alpha value is -2.24. The van der Waals surface area contributed by atoms with E-state index in [1.165, 1.54) is 12.3 Å². The molecule has 0 spiro atoms. The maximum atomic E-state index is 12.8. The van der Waals surface area contributed by atoms with Crippen LogP contribution in [0.25, 0.3) is 0 Å². The Kier molecular flexibility index (Phi) is 3.33. The molecule has 0 aromatic carbocycles. The summed E-state index contributed by atoms with van der Waals surface area (Å²) in [4.78, 5) is 19.4. The molecule has 2 aromatic heterocycles. The number of aryl methyl sites for hydroxylation is 1. The van der Waals surface area contributed by atoms with Crippen molar-refractivity contribution in [3.8, 4) is 0 Å². The Balaban J connectivity index is 2.51. The van der Waals surface area contributed by atoms with Crippen molar-refractivity contribution in [2.75, 3.05) is 0 Å². The summed E-state index contributed by atoms with van der Waals surface area (Å²) in [6.07, 6.45) is -1.30. The number of halogens is 3. The Bertz CT molecular complexity index is 623. The molecule has 0 fully saturated rings. The number of hydrogen-bond donors (Lipinski definition) is 0. The van der Waals surface area contributed by atoms with Gasteiger partial charge in [-0.2, -0.15) is 13.2 Å². The SMILES string of the molecule is Cc1ccnc(C(=O)c2cnccc2C(F)(F)F)c1. The Morgan fingerprint density at radius 1 is 1.21 bits per heavy atom. The van der Waals surface area contributed by atoms with E-state index >= 15 is 0 Å². The van der Waals surface area contributed by atoms with Crippen LogP contribution in [0.3, 0.4) is 0 Å². The van der Waals surface area contributed by atoms with Crippen LogP contribution in [0.2, 0.25) is 0 Å². The maximum absolute atomic E-state index is 12.8. The van der Waals surface area contributed by atoms with Gasteiger partial charge < -0.3 is 0 Å². The fourth-order valence-corrected chi connectivity index (χ4v) is 1.62. The fraction of sp³-hybridized carbons (Fsp3) is 0.154. The molecule has 0 atom stereocenters. The van der Waals surface area contributed by atoms with Crippen molar-refractivity contribution in [2.45, 2.75) is 13.1 Å². The van der Waals surface area contributed by atoms with E-state index in [1.807, 2.05) is 0 Å². The molecular formula is C13H9F3N2O. The van der Waals surface area contributed by atoms with Gasteiger partial charge in [0.05, 0.1) is 11.1 Å². The summed E-state index contributed by atoms with van der Waals surface area (Å²) in [6, 6.07) is 3.88. The van der Waals surface area contributed by atoms with Gasteiger partial charge in [0, 0.05) is 18.6 Å². The molecule has 2 heterocycles. The summed E-state index contributed by atoms with van der Waals surface area (Å²) in [5, 5.41) is 0. The minimum Gasteiger partial charge on any atom is -0.287 e. The lowest BCUT2D eigenvalue weighted by Crippen LogP contribution is -2.15. The quantitative estimate of drug-likeness (QED) is 0.785. The Morgan fingerprint density at radius 3 is 2.58 bits per heavy atom. The molecule has 98 valence electrons. The number of rotatable bonds is 2. The van der Waals surface area contributed by atoms with Gasteiger partial charge in [-0.1, -0.05) is 0 Å². The maximum Gasteiger partial charge on any atom is 0.417 e. The monoisotopic (exact) mass is 266 g/mol. The second kappa shape index (κ2) is 4.79. The molecule has 0 aliphatic rings. The van der Waals surface area contributed by atoms with Gasteiger partial charge >= 0.3 is 6.18 Å². The van der Waals surface area contributed by atoms with Crippen molar-refractivity contribution < 1.29 is 18.0 Å². The number of carbonyl (C=O) groups is 1. The largest absolute Gasteiger partial charge is 0.417 e. The first-order chi connectivity index (χ1) is 8.89. The molecule has 2 rings (SSSR count). The van der Waals surface area contributed by atoms with E-state index in [9.17, 15) is 18.0 Å². The van der Waals surface area contributed by atoms with Crippen LogP contribution in [0.4, 0.5) is 13.2 Å². The van der Waals surface area contributed by atoms with Gasteiger partial charge in [-0.05, 0) is 30.7 Å². The molecule has 0 saturated carbocycles. The lowest BCUT2D eigenvalue weighted by Gasteiger charge is -2.10. The summed E-state index contributed by atoms with van der Waals surface area (Å²) in [6.45, 7) is 1.73. The summed E-state index contributed by atoms with van der Waals surface area (Å²) >= 11 is 0. The van der Waals surface area contributed by atoms with E-state index in [4.69, 9.17) is 0 Å². The van der Waals surface area contributed by atoms with Crippen LogP contribution in [-0.4, -0.2) is 15.8 Å². The van der Waals surface area contributed by atoms with Crippen LogP contribution < -0.4 is 0 Å². The standard InChI is InChI=1S/C13H9F3N2O/c1-8-2-5-18-11(6-8)12(19)9-7-17-4-3-10(9)13(14,15)16/h2-7H,1H3. The summed E-state index contributed by atoms with van der Waals surface area (Å²) in [5.41, 5.74) is -0.779. The van der Waals surface area contributed by atoms with Crippen LogP contribution in [0.5, 0.6) is 0 Å². The molecule has 0 unspecified atom stereocenters. The zero-order chi connectivity index (χ0) is 14.0. The van der Waals surface area contributed by atoms with E-state index < -0.39 is 23.1 Å². The Labute approximate surface area is 107 Å². The summed E-state index contributed by atoms with van der Waals surface area (Å²) in [5.74, 6) is -0.788. The second-order valence-electron chi connectivity index (χ2n) is 3.97. The number of aromatic nitrogens is 2. The molecule has 0 radical (unpaired) electrons. The molecule has 2 aromatic rings. The van der Waals surface area contributed by atoms with Gasteiger partial charge in [0.25, 0.3) is 0 Å². The summed E-state index contributed by atoms with van der Waals surface area (Å²) in [7, 11) is 0. The predicted octanol–water partition coefficient (Wildman–Crippen LogP) is 3.03. The zero-order valence-electron chi connectivity index (χ0n) is 9.90. The van der Waals surface area contributed by atoms with Crippen LogP contribution in [0.15, 0.2) is 36.8 Å². The third kappa shape index (κ3) is 2.78. The molecule has 19 heavy (non-hydrogen) atoms. The lowest BCUT2D eigenvalue weighted by atomic mass is 10.0. The van der Waals surface area contributed by atoms with Crippen LogP contribution in [-0.2, 0) is 6.18 Å². The highest BCUT2D eigenvalue weighted by molar-refractivity contribution is 6.08. The highest BCUT2D eigenvalue weighted by atomic mass is 19.4. The average Bonchev–Trinajstić information content (AvgIpc) is 2.37. The van der Waals surface area contributed by atoms with Gasteiger partial charge in [0.1, 0.15) is 5.69 Å². The molecule has 3 nitrogen and oxygen atoms in total. The van der Waals surface area contributed by atoms with Gasteiger partial charge in [-0.3, -0.25) is 14.8 Å². The molecule has 0 aliphatic carbocycles. The van der Waals surface area contributed by atoms with Crippen LogP contribution in [0, 0.1) is 6.92 Å². The molecule has 0 N–H and O–H groups in total. The number of ketones is 1.